The molecule has 0 radical (unpaired) electrons. The third kappa shape index (κ3) is 2.92. The van der Waals surface area contributed by atoms with Crippen molar-refractivity contribution in [3.63, 3.8) is 0 Å². The van der Waals surface area contributed by atoms with Crippen molar-refractivity contribution in [3.05, 3.63) is 31.9 Å². The molecular formula is C12H16IN3O2. The van der Waals surface area contributed by atoms with Gasteiger partial charge in [0.2, 0.25) is 0 Å². The highest BCUT2D eigenvalue weighted by Crippen LogP contribution is 2.32. The topological polar surface area (TPSA) is 72.4 Å². The lowest BCUT2D eigenvalue weighted by Gasteiger charge is -2.33. The predicted molar refractivity (Wildman–Crippen MR) is 79.8 cm³/mol. The van der Waals surface area contributed by atoms with Gasteiger partial charge in [0, 0.05) is 22.7 Å². The number of piperidine rings is 1. The number of nitrogens with zero attached hydrogens (tertiary/aromatic N) is 2. The molecule has 1 aliphatic heterocycles. The van der Waals surface area contributed by atoms with Gasteiger partial charge in [-0.05, 0) is 60.0 Å². The molecule has 18 heavy (non-hydrogen) atoms. The molecule has 0 spiro atoms. The van der Waals surface area contributed by atoms with Gasteiger partial charge >= 0.3 is 0 Å². The molecule has 1 heterocycles. The van der Waals surface area contributed by atoms with Crippen molar-refractivity contribution in [3.8, 4) is 0 Å². The lowest BCUT2D eigenvalue weighted by molar-refractivity contribution is -0.384. The fraction of sp³-hybridized carbons (Fsp3) is 0.500. The molecule has 0 aromatic heterocycles. The summed E-state index contributed by atoms with van der Waals surface area (Å²) < 4.78 is 0.885. The minimum absolute atomic E-state index is 0.194. The average Bonchev–Trinajstić information content (AvgIpc) is 2.38. The summed E-state index contributed by atoms with van der Waals surface area (Å²) in [4.78, 5) is 12.9. The first-order valence-corrected chi connectivity index (χ1v) is 7.08. The molecule has 2 rings (SSSR count). The van der Waals surface area contributed by atoms with E-state index in [1.54, 1.807) is 6.07 Å². The first kappa shape index (κ1) is 13.5. The van der Waals surface area contributed by atoms with Crippen LogP contribution in [0.2, 0.25) is 0 Å². The Bertz CT molecular complexity index is 453. The van der Waals surface area contributed by atoms with Crippen molar-refractivity contribution < 1.29 is 4.92 Å². The van der Waals surface area contributed by atoms with E-state index in [1.165, 1.54) is 0 Å². The number of anilines is 1. The van der Waals surface area contributed by atoms with Crippen LogP contribution in [0.3, 0.4) is 0 Å². The average molecular weight is 361 g/mol. The van der Waals surface area contributed by atoms with E-state index < -0.39 is 0 Å². The third-order valence-electron chi connectivity index (χ3n) is 3.33. The number of benzene rings is 1. The molecule has 1 aromatic carbocycles. The van der Waals surface area contributed by atoms with E-state index in [1.807, 2.05) is 12.1 Å². The Morgan fingerprint density at radius 1 is 1.56 bits per heavy atom. The summed E-state index contributed by atoms with van der Waals surface area (Å²) in [6.45, 7) is 2.34. The van der Waals surface area contributed by atoms with Crippen LogP contribution in [0.5, 0.6) is 0 Å². The molecule has 0 aliphatic carbocycles. The van der Waals surface area contributed by atoms with Crippen LogP contribution >= 0.6 is 22.6 Å². The SMILES string of the molecule is NC[C@@H]1CCCN(c2ccc(I)cc2[N+](=O)[O-])C1. The van der Waals surface area contributed by atoms with E-state index in [4.69, 9.17) is 5.73 Å². The maximum absolute atomic E-state index is 11.1. The van der Waals surface area contributed by atoms with Gasteiger partial charge in [0.1, 0.15) is 5.69 Å². The molecule has 1 fully saturated rings. The molecular weight excluding hydrogens is 345 g/mol. The molecule has 2 N–H and O–H groups in total. The smallest absolute Gasteiger partial charge is 0.293 e. The highest BCUT2D eigenvalue weighted by molar-refractivity contribution is 14.1. The summed E-state index contributed by atoms with van der Waals surface area (Å²) in [5.74, 6) is 0.442. The van der Waals surface area contributed by atoms with Crippen LogP contribution in [-0.2, 0) is 0 Å². The zero-order valence-corrected chi connectivity index (χ0v) is 12.2. The van der Waals surface area contributed by atoms with Crippen LogP contribution in [0.1, 0.15) is 12.8 Å². The van der Waals surface area contributed by atoms with E-state index in [2.05, 4.69) is 27.5 Å². The largest absolute Gasteiger partial charge is 0.366 e. The van der Waals surface area contributed by atoms with E-state index in [-0.39, 0.29) is 10.6 Å². The van der Waals surface area contributed by atoms with Crippen LogP contribution < -0.4 is 10.6 Å². The Kier molecular flexibility index (Phi) is 4.39. The summed E-state index contributed by atoms with van der Waals surface area (Å²) in [5.41, 5.74) is 6.62. The summed E-state index contributed by atoms with van der Waals surface area (Å²) in [7, 11) is 0. The fourth-order valence-electron chi connectivity index (χ4n) is 2.39. The zero-order chi connectivity index (χ0) is 13.1. The molecule has 1 atom stereocenters. The number of rotatable bonds is 3. The Hall–Kier alpha value is -0.890. The molecule has 0 bridgehead atoms. The van der Waals surface area contributed by atoms with Gasteiger partial charge < -0.3 is 10.6 Å². The number of hydrogen-bond acceptors (Lipinski definition) is 4. The number of hydrogen-bond donors (Lipinski definition) is 1. The maximum atomic E-state index is 11.1. The van der Waals surface area contributed by atoms with Gasteiger partial charge in [0.15, 0.2) is 0 Å². The highest BCUT2D eigenvalue weighted by Gasteiger charge is 2.24. The first-order chi connectivity index (χ1) is 8.61. The molecule has 1 aliphatic rings. The van der Waals surface area contributed by atoms with Gasteiger partial charge in [-0.25, -0.2) is 0 Å². The zero-order valence-electron chi connectivity index (χ0n) is 10.0. The van der Waals surface area contributed by atoms with Gasteiger partial charge in [0.25, 0.3) is 5.69 Å². The predicted octanol–water partition coefficient (Wildman–Crippen LogP) is 2.37. The molecule has 1 aromatic rings. The van der Waals surface area contributed by atoms with Gasteiger partial charge in [-0.15, -0.1) is 0 Å². The first-order valence-electron chi connectivity index (χ1n) is 6.00. The monoisotopic (exact) mass is 361 g/mol. The fourth-order valence-corrected chi connectivity index (χ4v) is 2.86. The Labute approximate surface area is 120 Å². The van der Waals surface area contributed by atoms with E-state index in [0.29, 0.717) is 12.5 Å². The second kappa shape index (κ2) is 5.83. The quantitative estimate of drug-likeness (QED) is 0.510. The number of halogens is 1. The summed E-state index contributed by atoms with van der Waals surface area (Å²) in [5, 5.41) is 11.1. The minimum atomic E-state index is -0.302. The van der Waals surface area contributed by atoms with Crippen molar-refractivity contribution >= 4 is 34.0 Å². The molecule has 0 saturated carbocycles. The minimum Gasteiger partial charge on any atom is -0.366 e. The summed E-state index contributed by atoms with van der Waals surface area (Å²) in [6.07, 6.45) is 2.16. The molecule has 0 unspecified atom stereocenters. The normalized spacial score (nSPS) is 19.9. The highest BCUT2D eigenvalue weighted by atomic mass is 127. The Morgan fingerprint density at radius 3 is 3.00 bits per heavy atom. The van der Waals surface area contributed by atoms with E-state index in [9.17, 15) is 10.1 Å². The second-order valence-corrected chi connectivity index (χ2v) is 5.83. The van der Waals surface area contributed by atoms with Crippen molar-refractivity contribution in [1.82, 2.24) is 0 Å². The summed E-state index contributed by atoms with van der Waals surface area (Å²) in [6, 6.07) is 5.38. The van der Waals surface area contributed by atoms with Crippen molar-refractivity contribution in [2.24, 2.45) is 11.7 Å². The Morgan fingerprint density at radius 2 is 2.33 bits per heavy atom. The van der Waals surface area contributed by atoms with Gasteiger partial charge in [0.05, 0.1) is 4.92 Å². The molecule has 1 saturated heterocycles. The Balaban J connectivity index is 2.29. The number of nitro groups is 1. The standard InChI is InChI=1S/C12H16IN3O2/c13-10-3-4-11(12(6-10)16(17)18)15-5-1-2-9(7-14)8-15/h3-4,6,9H,1-2,5,7-8,14H2/t9-/m0/s1. The van der Waals surface area contributed by atoms with Crippen LogP contribution in [0.4, 0.5) is 11.4 Å². The number of nitro benzene ring substituents is 1. The van der Waals surface area contributed by atoms with Gasteiger partial charge in [-0.1, -0.05) is 0 Å². The van der Waals surface area contributed by atoms with Crippen molar-refractivity contribution in [2.75, 3.05) is 24.5 Å². The van der Waals surface area contributed by atoms with Crippen LogP contribution in [0.25, 0.3) is 0 Å². The molecule has 98 valence electrons. The summed E-state index contributed by atoms with van der Waals surface area (Å²) >= 11 is 2.09. The van der Waals surface area contributed by atoms with Crippen LogP contribution in [0.15, 0.2) is 18.2 Å². The van der Waals surface area contributed by atoms with Crippen molar-refractivity contribution in [1.29, 1.82) is 0 Å². The lowest BCUT2D eigenvalue weighted by atomic mass is 9.97. The van der Waals surface area contributed by atoms with Crippen LogP contribution in [0, 0.1) is 19.6 Å². The number of nitrogens with two attached hydrogens (primary N) is 1. The van der Waals surface area contributed by atoms with Gasteiger partial charge in [-0.3, -0.25) is 10.1 Å². The van der Waals surface area contributed by atoms with Crippen molar-refractivity contribution in [2.45, 2.75) is 12.8 Å². The maximum Gasteiger partial charge on any atom is 0.293 e. The third-order valence-corrected chi connectivity index (χ3v) is 4.00. The van der Waals surface area contributed by atoms with Gasteiger partial charge in [-0.2, -0.15) is 0 Å². The molecule has 6 heteroatoms. The lowest BCUT2D eigenvalue weighted by Crippen LogP contribution is -2.38. The van der Waals surface area contributed by atoms with E-state index in [0.717, 1.165) is 35.2 Å². The van der Waals surface area contributed by atoms with E-state index >= 15 is 0 Å². The van der Waals surface area contributed by atoms with Crippen LogP contribution in [-0.4, -0.2) is 24.6 Å². The molecule has 0 amide bonds. The molecule has 5 nitrogen and oxygen atoms in total. The second-order valence-electron chi connectivity index (χ2n) is 4.58.